The van der Waals surface area contributed by atoms with Gasteiger partial charge in [0.15, 0.2) is 0 Å². The number of amides is 1. The minimum absolute atomic E-state index is 0.123. The minimum atomic E-state index is -3.76. The molecule has 0 spiro atoms. The Morgan fingerprint density at radius 3 is 2.41 bits per heavy atom. The Morgan fingerprint density at radius 2 is 1.74 bits per heavy atom. The molecule has 0 bridgehead atoms. The molecule has 0 saturated carbocycles. The Kier molecular flexibility index (Phi) is 5.73. The van der Waals surface area contributed by atoms with E-state index in [9.17, 15) is 13.2 Å². The number of rotatable bonds is 6. The van der Waals surface area contributed by atoms with Gasteiger partial charge in [-0.1, -0.05) is 35.9 Å². The first-order chi connectivity index (χ1) is 13.0. The Morgan fingerprint density at radius 1 is 1.00 bits per heavy atom. The summed E-state index contributed by atoms with van der Waals surface area (Å²) >= 11 is 6.16. The van der Waals surface area contributed by atoms with Crippen LogP contribution in [0.1, 0.15) is 16.1 Å². The fourth-order valence-electron chi connectivity index (χ4n) is 2.32. The third-order valence-electron chi connectivity index (χ3n) is 3.69. The van der Waals surface area contributed by atoms with Gasteiger partial charge in [0.1, 0.15) is 0 Å². The monoisotopic (exact) mass is 401 g/mol. The summed E-state index contributed by atoms with van der Waals surface area (Å²) < 4.78 is 27.2. The lowest BCUT2D eigenvalue weighted by molar-refractivity contribution is 0.0950. The summed E-state index contributed by atoms with van der Waals surface area (Å²) in [7, 11) is -3.76. The van der Waals surface area contributed by atoms with Gasteiger partial charge in [-0.3, -0.25) is 14.5 Å². The van der Waals surface area contributed by atoms with Crippen molar-refractivity contribution in [1.82, 2.24) is 10.3 Å². The predicted molar refractivity (Wildman–Crippen MR) is 104 cm³/mol. The summed E-state index contributed by atoms with van der Waals surface area (Å²) in [5.41, 5.74) is 1.24. The highest BCUT2D eigenvalue weighted by Crippen LogP contribution is 2.25. The maximum absolute atomic E-state index is 12.4. The molecule has 3 rings (SSSR count). The van der Waals surface area contributed by atoms with E-state index in [1.165, 1.54) is 30.3 Å². The topological polar surface area (TPSA) is 88.2 Å². The van der Waals surface area contributed by atoms with Gasteiger partial charge in [0, 0.05) is 11.8 Å². The van der Waals surface area contributed by atoms with E-state index in [-0.39, 0.29) is 28.1 Å². The molecule has 0 aliphatic heterocycles. The first kappa shape index (κ1) is 18.9. The molecule has 3 aromatic rings. The van der Waals surface area contributed by atoms with E-state index in [1.807, 2.05) is 6.07 Å². The first-order valence-corrected chi connectivity index (χ1v) is 9.87. The van der Waals surface area contributed by atoms with Crippen LogP contribution in [0.15, 0.2) is 77.8 Å². The molecule has 1 aromatic heterocycles. The van der Waals surface area contributed by atoms with Crippen molar-refractivity contribution in [2.24, 2.45) is 0 Å². The van der Waals surface area contributed by atoms with Gasteiger partial charge in [0.05, 0.1) is 27.8 Å². The van der Waals surface area contributed by atoms with Gasteiger partial charge in [-0.2, -0.15) is 0 Å². The zero-order valence-corrected chi connectivity index (χ0v) is 15.7. The maximum atomic E-state index is 12.4. The van der Waals surface area contributed by atoms with Gasteiger partial charge in [-0.05, 0) is 42.5 Å². The third-order valence-corrected chi connectivity index (χ3v) is 5.38. The van der Waals surface area contributed by atoms with Crippen LogP contribution in [-0.4, -0.2) is 19.3 Å². The fourth-order valence-corrected chi connectivity index (χ4v) is 3.70. The number of aromatic nitrogens is 1. The number of sulfonamides is 1. The Bertz CT molecular complexity index is 1040. The normalized spacial score (nSPS) is 11.0. The molecule has 138 valence electrons. The predicted octanol–water partition coefficient (Wildman–Crippen LogP) is 3.47. The summed E-state index contributed by atoms with van der Waals surface area (Å²) in [5, 5.41) is 2.86. The van der Waals surface area contributed by atoms with Gasteiger partial charge in [-0.15, -0.1) is 0 Å². The molecule has 8 heteroatoms. The highest BCUT2D eigenvalue weighted by molar-refractivity contribution is 7.92. The Hall–Kier alpha value is -2.90. The summed E-state index contributed by atoms with van der Waals surface area (Å²) in [5.74, 6) is -0.333. The number of benzene rings is 2. The molecular formula is C19H16ClN3O3S. The lowest BCUT2D eigenvalue weighted by atomic mass is 10.2. The molecule has 0 aliphatic carbocycles. The van der Waals surface area contributed by atoms with Gasteiger partial charge < -0.3 is 5.32 Å². The van der Waals surface area contributed by atoms with Crippen LogP contribution in [0.5, 0.6) is 0 Å². The van der Waals surface area contributed by atoms with Crippen molar-refractivity contribution in [3.63, 3.8) is 0 Å². The average Bonchev–Trinajstić information content (AvgIpc) is 2.69. The van der Waals surface area contributed by atoms with Crippen molar-refractivity contribution >= 4 is 33.2 Å². The molecular weight excluding hydrogens is 386 g/mol. The quantitative estimate of drug-likeness (QED) is 0.662. The number of halogens is 1. The second-order valence-corrected chi connectivity index (χ2v) is 7.71. The molecule has 2 aromatic carbocycles. The molecule has 0 atom stereocenters. The third kappa shape index (κ3) is 4.84. The highest BCUT2D eigenvalue weighted by Gasteiger charge is 2.16. The van der Waals surface area contributed by atoms with E-state index in [4.69, 9.17) is 11.6 Å². The van der Waals surface area contributed by atoms with Crippen molar-refractivity contribution in [2.45, 2.75) is 11.4 Å². The standard InChI is InChI=1S/C19H16ClN3O3S/c20-17-12-14(19(24)22-13-15-6-4-5-11-21-15)9-10-18(17)23-27(25,26)16-7-2-1-3-8-16/h1-12,23H,13H2,(H,22,24). The SMILES string of the molecule is O=C(NCc1ccccn1)c1ccc(NS(=O)(=O)c2ccccc2)c(Cl)c1. The van der Waals surface area contributed by atoms with Crippen LogP contribution in [0.3, 0.4) is 0 Å². The van der Waals surface area contributed by atoms with E-state index >= 15 is 0 Å². The second kappa shape index (κ2) is 8.20. The molecule has 0 fully saturated rings. The molecule has 1 heterocycles. The van der Waals surface area contributed by atoms with E-state index in [2.05, 4.69) is 15.0 Å². The van der Waals surface area contributed by atoms with Crippen LogP contribution in [0.2, 0.25) is 5.02 Å². The molecule has 1 amide bonds. The zero-order chi connectivity index (χ0) is 19.3. The molecule has 0 unspecified atom stereocenters. The van der Waals surface area contributed by atoms with E-state index in [1.54, 1.807) is 36.5 Å². The van der Waals surface area contributed by atoms with Crippen molar-refractivity contribution in [3.8, 4) is 0 Å². The van der Waals surface area contributed by atoms with Gasteiger partial charge in [0.25, 0.3) is 15.9 Å². The summed E-state index contributed by atoms with van der Waals surface area (Å²) in [6, 6.07) is 17.7. The van der Waals surface area contributed by atoms with Crippen molar-refractivity contribution in [2.75, 3.05) is 4.72 Å². The number of hydrogen-bond donors (Lipinski definition) is 2. The lowest BCUT2D eigenvalue weighted by Crippen LogP contribution is -2.23. The number of pyridine rings is 1. The molecule has 2 N–H and O–H groups in total. The van der Waals surface area contributed by atoms with Crippen LogP contribution in [0, 0.1) is 0 Å². The van der Waals surface area contributed by atoms with Crippen LogP contribution in [0.25, 0.3) is 0 Å². The molecule has 6 nitrogen and oxygen atoms in total. The number of carbonyl (C=O) groups is 1. The number of hydrogen-bond acceptors (Lipinski definition) is 4. The number of anilines is 1. The number of nitrogens with one attached hydrogen (secondary N) is 2. The molecule has 0 aliphatic rings. The average molecular weight is 402 g/mol. The second-order valence-electron chi connectivity index (χ2n) is 5.62. The Balaban J connectivity index is 1.71. The van der Waals surface area contributed by atoms with Crippen molar-refractivity contribution in [3.05, 3.63) is 89.2 Å². The largest absolute Gasteiger partial charge is 0.346 e. The van der Waals surface area contributed by atoms with Gasteiger partial charge >= 0.3 is 0 Å². The molecule has 0 saturated heterocycles. The maximum Gasteiger partial charge on any atom is 0.261 e. The smallest absolute Gasteiger partial charge is 0.261 e. The summed E-state index contributed by atoms with van der Waals surface area (Å²) in [4.78, 5) is 16.5. The number of carbonyl (C=O) groups excluding carboxylic acids is 1. The van der Waals surface area contributed by atoms with Crippen LogP contribution < -0.4 is 10.0 Å². The molecule has 27 heavy (non-hydrogen) atoms. The van der Waals surface area contributed by atoms with Crippen molar-refractivity contribution in [1.29, 1.82) is 0 Å². The van der Waals surface area contributed by atoms with E-state index in [0.29, 0.717) is 5.56 Å². The highest BCUT2D eigenvalue weighted by atomic mass is 35.5. The minimum Gasteiger partial charge on any atom is -0.346 e. The van der Waals surface area contributed by atoms with Crippen molar-refractivity contribution < 1.29 is 13.2 Å². The molecule has 0 radical (unpaired) electrons. The first-order valence-electron chi connectivity index (χ1n) is 8.01. The van der Waals surface area contributed by atoms with Crippen LogP contribution in [-0.2, 0) is 16.6 Å². The van der Waals surface area contributed by atoms with Gasteiger partial charge in [0.2, 0.25) is 0 Å². The van der Waals surface area contributed by atoms with E-state index < -0.39 is 10.0 Å². The number of nitrogens with zero attached hydrogens (tertiary/aromatic N) is 1. The zero-order valence-electron chi connectivity index (χ0n) is 14.1. The van der Waals surface area contributed by atoms with E-state index in [0.717, 1.165) is 5.69 Å². The van der Waals surface area contributed by atoms with Crippen LogP contribution in [0.4, 0.5) is 5.69 Å². The van der Waals surface area contributed by atoms with Gasteiger partial charge in [-0.25, -0.2) is 8.42 Å². The fraction of sp³-hybridized carbons (Fsp3) is 0.0526. The Labute approximate surface area is 162 Å². The lowest BCUT2D eigenvalue weighted by Gasteiger charge is -2.11. The summed E-state index contributed by atoms with van der Waals surface area (Å²) in [6.07, 6.45) is 1.64. The van der Waals surface area contributed by atoms with Crippen LogP contribution >= 0.6 is 11.6 Å². The summed E-state index contributed by atoms with van der Waals surface area (Å²) in [6.45, 7) is 0.277.